The summed E-state index contributed by atoms with van der Waals surface area (Å²) in [6, 6.07) is 6.84. The van der Waals surface area contributed by atoms with Crippen LogP contribution < -0.4 is 10.0 Å². The van der Waals surface area contributed by atoms with E-state index in [0.29, 0.717) is 5.69 Å². The van der Waals surface area contributed by atoms with E-state index >= 15 is 0 Å². The Morgan fingerprint density at radius 1 is 1.13 bits per heavy atom. The highest BCUT2D eigenvalue weighted by Gasteiger charge is 2.21. The average molecular weight is 362 g/mol. The fraction of sp³-hybridized carbons (Fsp3) is 0.500. The van der Waals surface area contributed by atoms with Gasteiger partial charge in [-0.15, -0.1) is 0 Å². The van der Waals surface area contributed by atoms with Gasteiger partial charge in [-0.1, -0.05) is 24.6 Å². The van der Waals surface area contributed by atoms with Crippen LogP contribution in [0.4, 0.5) is 5.69 Å². The third-order valence-electron chi connectivity index (χ3n) is 3.01. The first-order chi connectivity index (χ1) is 10.5. The molecule has 1 atom stereocenters. The monoisotopic (exact) mass is 362 g/mol. The predicted octanol–water partition coefficient (Wildman–Crippen LogP) is 0.534. The van der Waals surface area contributed by atoms with Crippen LogP contribution in [0.2, 0.25) is 0 Å². The van der Waals surface area contributed by atoms with Crippen molar-refractivity contribution in [2.24, 2.45) is 5.92 Å². The van der Waals surface area contributed by atoms with Crippen molar-refractivity contribution in [2.45, 2.75) is 13.8 Å². The average Bonchev–Trinajstić information content (AvgIpc) is 2.39. The molecular weight excluding hydrogens is 340 g/mol. The van der Waals surface area contributed by atoms with Crippen LogP contribution in [0.1, 0.15) is 12.5 Å². The van der Waals surface area contributed by atoms with Gasteiger partial charge in [-0.2, -0.15) is 0 Å². The van der Waals surface area contributed by atoms with Crippen LogP contribution >= 0.6 is 0 Å². The normalized spacial score (nSPS) is 13.3. The minimum Gasteiger partial charge on any atom is -0.355 e. The van der Waals surface area contributed by atoms with Gasteiger partial charge in [0.15, 0.2) is 0 Å². The minimum absolute atomic E-state index is 0.0343. The van der Waals surface area contributed by atoms with Crippen LogP contribution in [0.25, 0.3) is 0 Å². The summed E-state index contributed by atoms with van der Waals surface area (Å²) in [6.07, 6.45) is 1.07. The van der Waals surface area contributed by atoms with Gasteiger partial charge in [0, 0.05) is 18.5 Å². The van der Waals surface area contributed by atoms with Crippen LogP contribution in [0, 0.1) is 12.8 Å². The number of anilines is 1. The maximum atomic E-state index is 12.0. The van der Waals surface area contributed by atoms with Crippen molar-refractivity contribution in [2.75, 3.05) is 29.0 Å². The number of sulfone groups is 1. The second kappa shape index (κ2) is 7.78. The Balaban J connectivity index is 2.55. The van der Waals surface area contributed by atoms with E-state index in [1.807, 2.05) is 6.92 Å². The predicted molar refractivity (Wildman–Crippen MR) is 90.5 cm³/mol. The van der Waals surface area contributed by atoms with E-state index in [-0.39, 0.29) is 18.1 Å². The number of amides is 1. The van der Waals surface area contributed by atoms with E-state index in [9.17, 15) is 21.6 Å². The lowest BCUT2D eigenvalue weighted by molar-refractivity contribution is -0.123. The minimum atomic E-state index is -3.67. The summed E-state index contributed by atoms with van der Waals surface area (Å²) in [4.78, 5) is 11.8. The quantitative estimate of drug-likeness (QED) is 0.701. The fourth-order valence-corrected chi connectivity index (χ4v) is 3.64. The Morgan fingerprint density at radius 3 is 2.22 bits per heavy atom. The molecule has 23 heavy (non-hydrogen) atoms. The highest BCUT2D eigenvalue weighted by atomic mass is 32.2. The molecule has 9 heteroatoms. The summed E-state index contributed by atoms with van der Waals surface area (Å²) in [7, 11) is -6.84. The lowest BCUT2D eigenvalue weighted by Crippen LogP contribution is -2.36. The van der Waals surface area contributed by atoms with E-state index in [2.05, 4.69) is 10.0 Å². The SMILES string of the molecule is Cc1ccc(NS(=O)(=O)CC(C)C(=O)NCCS(C)(=O)=O)cc1. The Morgan fingerprint density at radius 2 is 1.70 bits per heavy atom. The van der Waals surface area contributed by atoms with Crippen molar-refractivity contribution >= 4 is 31.5 Å². The smallest absolute Gasteiger partial charge is 0.233 e. The van der Waals surface area contributed by atoms with Gasteiger partial charge >= 0.3 is 0 Å². The van der Waals surface area contributed by atoms with Crippen molar-refractivity contribution in [3.63, 3.8) is 0 Å². The Labute approximate surface area is 137 Å². The first-order valence-corrected chi connectivity index (χ1v) is 10.7. The molecule has 0 saturated carbocycles. The molecular formula is C14H22N2O5S2. The molecule has 1 rings (SSSR count). The molecule has 0 spiro atoms. The molecule has 1 unspecified atom stereocenters. The molecule has 0 bridgehead atoms. The van der Waals surface area contributed by atoms with Gasteiger partial charge in [0.1, 0.15) is 9.84 Å². The Hall–Kier alpha value is -1.61. The van der Waals surface area contributed by atoms with E-state index < -0.39 is 31.7 Å². The number of sulfonamides is 1. The molecule has 7 nitrogen and oxygen atoms in total. The molecule has 0 heterocycles. The summed E-state index contributed by atoms with van der Waals surface area (Å²) in [5, 5.41) is 2.42. The molecule has 0 aromatic heterocycles. The third-order valence-corrected chi connectivity index (χ3v) is 5.45. The maximum absolute atomic E-state index is 12.0. The summed E-state index contributed by atoms with van der Waals surface area (Å²) in [5.41, 5.74) is 1.44. The largest absolute Gasteiger partial charge is 0.355 e. The van der Waals surface area contributed by atoms with Crippen molar-refractivity contribution in [3.05, 3.63) is 29.8 Å². The molecule has 0 aliphatic heterocycles. The molecule has 0 saturated heterocycles. The van der Waals surface area contributed by atoms with Crippen molar-refractivity contribution in [1.82, 2.24) is 5.32 Å². The number of carbonyl (C=O) groups excluding carboxylic acids is 1. The number of hydrogen-bond acceptors (Lipinski definition) is 5. The van der Waals surface area contributed by atoms with E-state index in [1.165, 1.54) is 6.92 Å². The van der Waals surface area contributed by atoms with Gasteiger partial charge in [0.2, 0.25) is 15.9 Å². The van der Waals surface area contributed by atoms with E-state index in [0.717, 1.165) is 11.8 Å². The number of carbonyl (C=O) groups is 1. The molecule has 0 aliphatic rings. The Bertz CT molecular complexity index is 740. The van der Waals surface area contributed by atoms with Crippen LogP contribution in [0.3, 0.4) is 0 Å². The summed E-state index contributed by atoms with van der Waals surface area (Å²) >= 11 is 0. The molecule has 130 valence electrons. The van der Waals surface area contributed by atoms with Gasteiger partial charge in [0.05, 0.1) is 17.4 Å². The van der Waals surface area contributed by atoms with E-state index in [1.54, 1.807) is 24.3 Å². The fourth-order valence-electron chi connectivity index (χ4n) is 1.78. The van der Waals surface area contributed by atoms with Crippen LogP contribution in [0.5, 0.6) is 0 Å². The zero-order valence-corrected chi connectivity index (χ0v) is 15.0. The molecule has 0 aliphatic carbocycles. The van der Waals surface area contributed by atoms with Crippen molar-refractivity contribution in [1.29, 1.82) is 0 Å². The molecule has 0 radical (unpaired) electrons. The topological polar surface area (TPSA) is 109 Å². The van der Waals surface area contributed by atoms with Crippen LogP contribution in [-0.4, -0.2) is 47.0 Å². The summed E-state index contributed by atoms with van der Waals surface area (Å²) in [5.74, 6) is -1.86. The maximum Gasteiger partial charge on any atom is 0.233 e. The van der Waals surface area contributed by atoms with Gasteiger partial charge in [0.25, 0.3) is 0 Å². The number of benzene rings is 1. The highest BCUT2D eigenvalue weighted by Crippen LogP contribution is 2.12. The number of rotatable bonds is 8. The van der Waals surface area contributed by atoms with E-state index in [4.69, 9.17) is 0 Å². The molecule has 0 fully saturated rings. The molecule has 1 aromatic rings. The highest BCUT2D eigenvalue weighted by molar-refractivity contribution is 7.92. The van der Waals surface area contributed by atoms with Gasteiger partial charge in [-0.25, -0.2) is 16.8 Å². The number of nitrogens with one attached hydrogen (secondary N) is 2. The Kier molecular flexibility index (Phi) is 6.57. The zero-order valence-electron chi connectivity index (χ0n) is 13.4. The van der Waals surface area contributed by atoms with Crippen molar-refractivity contribution < 1.29 is 21.6 Å². The van der Waals surface area contributed by atoms with Crippen molar-refractivity contribution in [3.8, 4) is 0 Å². The zero-order chi connectivity index (χ0) is 17.7. The lowest BCUT2D eigenvalue weighted by Gasteiger charge is -2.14. The summed E-state index contributed by atoms with van der Waals surface area (Å²) in [6.45, 7) is 3.33. The van der Waals surface area contributed by atoms with Gasteiger partial charge in [-0.05, 0) is 19.1 Å². The van der Waals surface area contributed by atoms with Crippen LogP contribution in [0.15, 0.2) is 24.3 Å². The molecule has 1 amide bonds. The summed E-state index contributed by atoms with van der Waals surface area (Å²) < 4.78 is 48.5. The standard InChI is InChI=1S/C14H22N2O5S2/c1-11-4-6-13(7-5-11)16-23(20,21)10-12(2)14(17)15-8-9-22(3,18)19/h4-7,12,16H,8-10H2,1-3H3,(H,15,17). The van der Waals surface area contributed by atoms with Gasteiger partial charge < -0.3 is 5.32 Å². The first-order valence-electron chi connectivity index (χ1n) is 7.01. The van der Waals surface area contributed by atoms with Crippen LogP contribution in [-0.2, 0) is 24.7 Å². The second-order valence-corrected chi connectivity index (χ2v) is 9.60. The third kappa shape index (κ3) is 7.98. The first kappa shape index (κ1) is 19.4. The van der Waals surface area contributed by atoms with Gasteiger partial charge in [-0.3, -0.25) is 9.52 Å². The lowest BCUT2D eigenvalue weighted by atomic mass is 10.2. The molecule has 1 aromatic carbocycles. The number of aryl methyl sites for hydroxylation is 1. The second-order valence-electron chi connectivity index (χ2n) is 5.57. The molecule has 2 N–H and O–H groups in total. The number of hydrogen-bond donors (Lipinski definition) is 2.